The molecule has 0 aliphatic carbocycles. The van der Waals surface area contributed by atoms with Gasteiger partial charge in [-0.3, -0.25) is 0 Å². The molecule has 124 valence electrons. The van der Waals surface area contributed by atoms with Crippen molar-refractivity contribution < 1.29 is 18.7 Å². The van der Waals surface area contributed by atoms with Gasteiger partial charge in [-0.25, -0.2) is 9.18 Å². The van der Waals surface area contributed by atoms with Crippen molar-refractivity contribution in [3.05, 3.63) is 65.5 Å². The van der Waals surface area contributed by atoms with Crippen LogP contribution in [0.3, 0.4) is 0 Å². The Morgan fingerprint density at radius 2 is 2.00 bits per heavy atom. The van der Waals surface area contributed by atoms with E-state index in [2.05, 4.69) is 17.2 Å². The Kier molecular flexibility index (Phi) is 6.66. The highest BCUT2D eigenvalue weighted by Crippen LogP contribution is 2.15. The van der Waals surface area contributed by atoms with Crippen LogP contribution in [-0.4, -0.2) is 19.2 Å². The Labute approximate surface area is 140 Å². The van der Waals surface area contributed by atoms with E-state index in [1.54, 1.807) is 6.07 Å². The minimum Gasteiger partial charge on any atom is -0.494 e. The Morgan fingerprint density at radius 1 is 1.21 bits per heavy atom. The van der Waals surface area contributed by atoms with Gasteiger partial charge >= 0.3 is 6.09 Å². The number of halogens is 1. The van der Waals surface area contributed by atoms with Crippen molar-refractivity contribution in [2.75, 3.05) is 13.2 Å². The molecule has 1 amide bonds. The summed E-state index contributed by atoms with van der Waals surface area (Å²) in [7, 11) is 0. The van der Waals surface area contributed by atoms with Crippen molar-refractivity contribution in [1.29, 1.82) is 0 Å². The maximum atomic E-state index is 13.4. The molecule has 0 spiro atoms. The highest BCUT2D eigenvalue weighted by Gasteiger charge is 2.01. The molecular weight excluding hydrogens is 309 g/mol. The average molecular weight is 327 g/mol. The van der Waals surface area contributed by atoms with Crippen molar-refractivity contribution in [3.63, 3.8) is 0 Å². The van der Waals surface area contributed by atoms with E-state index in [4.69, 9.17) is 9.47 Å². The number of carbonyl (C=O) groups excluding carboxylic acids is 1. The summed E-state index contributed by atoms with van der Waals surface area (Å²) >= 11 is 0. The molecule has 0 bridgehead atoms. The molecule has 2 aromatic rings. The first-order chi connectivity index (χ1) is 11.7. The van der Waals surface area contributed by atoms with Crippen molar-refractivity contribution in [1.82, 2.24) is 5.32 Å². The highest BCUT2D eigenvalue weighted by molar-refractivity contribution is 5.67. The first-order valence-electron chi connectivity index (χ1n) is 7.54. The lowest BCUT2D eigenvalue weighted by molar-refractivity contribution is 0.141. The van der Waals surface area contributed by atoms with Crippen LogP contribution in [0.25, 0.3) is 0 Å². The van der Waals surface area contributed by atoms with E-state index in [9.17, 15) is 9.18 Å². The van der Waals surface area contributed by atoms with Gasteiger partial charge < -0.3 is 14.8 Å². The number of alkyl carbamates (subject to hydrolysis) is 1. The summed E-state index contributed by atoms with van der Waals surface area (Å²) in [6, 6.07) is 13.6. The van der Waals surface area contributed by atoms with Crippen LogP contribution >= 0.6 is 0 Å². The summed E-state index contributed by atoms with van der Waals surface area (Å²) in [5, 5.41) is 2.52. The van der Waals surface area contributed by atoms with Gasteiger partial charge in [0.2, 0.25) is 0 Å². The lowest BCUT2D eigenvalue weighted by Crippen LogP contribution is -2.24. The molecule has 24 heavy (non-hydrogen) atoms. The number of rotatable bonds is 5. The summed E-state index contributed by atoms with van der Waals surface area (Å²) in [6.45, 7) is 2.57. The second kappa shape index (κ2) is 9.21. The van der Waals surface area contributed by atoms with Gasteiger partial charge in [0.15, 0.2) is 0 Å². The molecule has 1 N–H and O–H groups in total. The Morgan fingerprint density at radius 3 is 2.75 bits per heavy atom. The molecule has 0 fully saturated rings. The standard InChI is InChI=1S/C19H18FNO3/c1-2-23-18-12-16(11-17(20)13-18)9-6-10-21-19(22)24-14-15-7-4-3-5-8-15/h3-5,7-8,11-13H,2,10,14H2,1H3,(H,21,22). The predicted molar refractivity (Wildman–Crippen MR) is 89.1 cm³/mol. The van der Waals surface area contributed by atoms with Crippen molar-refractivity contribution in [2.24, 2.45) is 0 Å². The van der Waals surface area contributed by atoms with Crippen molar-refractivity contribution in [3.8, 4) is 17.6 Å². The molecule has 0 radical (unpaired) electrons. The first kappa shape index (κ1) is 17.4. The van der Waals surface area contributed by atoms with Crippen LogP contribution in [0.2, 0.25) is 0 Å². The highest BCUT2D eigenvalue weighted by atomic mass is 19.1. The SMILES string of the molecule is CCOc1cc(F)cc(C#CCNC(=O)OCc2ccccc2)c1. The summed E-state index contributed by atoms with van der Waals surface area (Å²) < 4.78 is 23.7. The fraction of sp³-hybridized carbons (Fsp3) is 0.211. The minimum atomic E-state index is -0.553. The molecule has 4 nitrogen and oxygen atoms in total. The van der Waals surface area contributed by atoms with Gasteiger partial charge in [0.25, 0.3) is 0 Å². The molecule has 0 saturated heterocycles. The quantitative estimate of drug-likeness (QED) is 0.855. The van der Waals surface area contributed by atoms with Crippen molar-refractivity contribution in [2.45, 2.75) is 13.5 Å². The molecule has 0 aliphatic heterocycles. The van der Waals surface area contributed by atoms with Crippen LogP contribution in [-0.2, 0) is 11.3 Å². The fourth-order valence-corrected chi connectivity index (χ4v) is 1.92. The largest absolute Gasteiger partial charge is 0.494 e. The zero-order valence-electron chi connectivity index (χ0n) is 13.3. The second-order valence-electron chi connectivity index (χ2n) is 4.83. The number of ether oxygens (including phenoxy) is 2. The number of hydrogen-bond donors (Lipinski definition) is 1. The maximum Gasteiger partial charge on any atom is 0.408 e. The third-order valence-electron chi connectivity index (χ3n) is 2.95. The van der Waals surface area contributed by atoms with E-state index < -0.39 is 11.9 Å². The number of amides is 1. The van der Waals surface area contributed by atoms with Gasteiger partial charge in [-0.2, -0.15) is 0 Å². The van der Waals surface area contributed by atoms with Gasteiger partial charge in [0.1, 0.15) is 18.2 Å². The first-order valence-corrected chi connectivity index (χ1v) is 7.54. The lowest BCUT2D eigenvalue weighted by Gasteiger charge is -2.04. The number of nitrogens with one attached hydrogen (secondary N) is 1. The zero-order chi connectivity index (χ0) is 17.2. The third-order valence-corrected chi connectivity index (χ3v) is 2.95. The molecule has 5 heteroatoms. The zero-order valence-corrected chi connectivity index (χ0v) is 13.3. The van der Waals surface area contributed by atoms with Gasteiger partial charge in [-0.15, -0.1) is 0 Å². The molecule has 0 unspecified atom stereocenters. The Bertz CT molecular complexity index is 735. The molecule has 0 aliphatic rings. The van der Waals surface area contributed by atoms with Gasteiger partial charge in [-0.05, 0) is 24.6 Å². The summed E-state index contributed by atoms with van der Waals surface area (Å²) in [6.07, 6.45) is -0.553. The van der Waals surface area contributed by atoms with Crippen molar-refractivity contribution >= 4 is 6.09 Å². The van der Waals surface area contributed by atoms with Crippen LogP contribution in [0, 0.1) is 17.7 Å². The Balaban J connectivity index is 1.80. The minimum absolute atomic E-state index is 0.105. The monoisotopic (exact) mass is 327 g/mol. The number of hydrogen-bond acceptors (Lipinski definition) is 3. The molecule has 0 heterocycles. The smallest absolute Gasteiger partial charge is 0.408 e. The second-order valence-corrected chi connectivity index (χ2v) is 4.83. The van der Waals surface area contributed by atoms with E-state index in [0.29, 0.717) is 17.9 Å². The summed E-state index contributed by atoms with van der Waals surface area (Å²) in [5.41, 5.74) is 1.39. The normalized spacial score (nSPS) is 9.58. The van der Waals surface area contributed by atoms with E-state index >= 15 is 0 Å². The van der Waals surface area contributed by atoms with Crippen LogP contribution in [0.5, 0.6) is 5.75 Å². The number of carbonyl (C=O) groups is 1. The van der Waals surface area contributed by atoms with Gasteiger partial charge in [0.05, 0.1) is 13.2 Å². The molecular formula is C19H18FNO3. The maximum absolute atomic E-state index is 13.4. The molecule has 0 aromatic heterocycles. The van der Waals surface area contributed by atoms with E-state index in [-0.39, 0.29) is 13.2 Å². The van der Waals surface area contributed by atoms with Gasteiger partial charge in [0, 0.05) is 11.6 Å². The molecule has 0 saturated carbocycles. The molecule has 2 aromatic carbocycles. The third kappa shape index (κ3) is 6.01. The predicted octanol–water partition coefficient (Wildman–Crippen LogP) is 3.50. The van der Waals surface area contributed by atoms with Crippen LogP contribution in [0.15, 0.2) is 48.5 Å². The average Bonchev–Trinajstić information content (AvgIpc) is 2.58. The number of benzene rings is 2. The van der Waals surface area contributed by atoms with Crippen LogP contribution < -0.4 is 10.1 Å². The van der Waals surface area contributed by atoms with Crippen LogP contribution in [0.4, 0.5) is 9.18 Å². The Hall–Kier alpha value is -3.00. The van der Waals surface area contributed by atoms with E-state index in [0.717, 1.165) is 5.56 Å². The molecule has 0 atom stereocenters. The van der Waals surface area contributed by atoms with E-state index in [1.165, 1.54) is 12.1 Å². The fourth-order valence-electron chi connectivity index (χ4n) is 1.92. The van der Waals surface area contributed by atoms with E-state index in [1.807, 2.05) is 37.3 Å². The molecule has 2 rings (SSSR count). The topological polar surface area (TPSA) is 47.6 Å². The summed E-state index contributed by atoms with van der Waals surface area (Å²) in [5.74, 6) is 5.53. The van der Waals surface area contributed by atoms with Crippen LogP contribution in [0.1, 0.15) is 18.1 Å². The summed E-state index contributed by atoms with van der Waals surface area (Å²) in [4.78, 5) is 11.5. The lowest BCUT2D eigenvalue weighted by atomic mass is 10.2. The van der Waals surface area contributed by atoms with Gasteiger partial charge in [-0.1, -0.05) is 42.2 Å².